The van der Waals surface area contributed by atoms with Crippen LogP contribution in [0.1, 0.15) is 12.8 Å². The van der Waals surface area contributed by atoms with E-state index >= 15 is 0 Å². The minimum Gasteiger partial charge on any atom is -0.264 e. The van der Waals surface area contributed by atoms with Gasteiger partial charge in [0.1, 0.15) is 5.25 Å². The highest BCUT2D eigenvalue weighted by Gasteiger charge is 2.40. The Bertz CT molecular complexity index is 337. The SMILES string of the molecule is O=[N+]([O-])C1CC=CCC1S(=O)(=O)Cl. The highest BCUT2D eigenvalue weighted by molar-refractivity contribution is 8.14. The minimum atomic E-state index is -3.84. The van der Waals surface area contributed by atoms with Gasteiger partial charge in [0, 0.05) is 22.0 Å². The molecule has 0 radical (unpaired) electrons. The molecule has 7 heteroatoms. The van der Waals surface area contributed by atoms with Crippen molar-refractivity contribution in [1.82, 2.24) is 0 Å². The molecular weight excluding hydrogens is 218 g/mol. The maximum Gasteiger partial charge on any atom is 0.242 e. The quantitative estimate of drug-likeness (QED) is 0.303. The third-order valence-corrected chi connectivity index (χ3v) is 3.89. The molecule has 0 amide bonds. The zero-order chi connectivity index (χ0) is 10.1. The van der Waals surface area contributed by atoms with Crippen molar-refractivity contribution in [3.05, 3.63) is 22.3 Å². The lowest BCUT2D eigenvalue weighted by Crippen LogP contribution is -2.38. The Labute approximate surface area is 80.0 Å². The monoisotopic (exact) mass is 225 g/mol. The Morgan fingerprint density at radius 3 is 2.31 bits per heavy atom. The number of allylic oxidation sites excluding steroid dienone is 1. The molecule has 74 valence electrons. The van der Waals surface area contributed by atoms with E-state index in [1.807, 2.05) is 0 Å². The molecule has 0 fully saturated rings. The van der Waals surface area contributed by atoms with E-state index in [-0.39, 0.29) is 12.8 Å². The number of nitrogens with zero attached hydrogens (tertiary/aromatic N) is 1. The topological polar surface area (TPSA) is 77.3 Å². The molecule has 2 unspecified atom stereocenters. The summed E-state index contributed by atoms with van der Waals surface area (Å²) >= 11 is 0. The summed E-state index contributed by atoms with van der Waals surface area (Å²) in [5.41, 5.74) is 0. The van der Waals surface area contributed by atoms with Crippen molar-refractivity contribution in [3.63, 3.8) is 0 Å². The molecule has 5 nitrogen and oxygen atoms in total. The van der Waals surface area contributed by atoms with Gasteiger partial charge in [0.25, 0.3) is 0 Å². The average Bonchev–Trinajstić information content (AvgIpc) is 2.03. The lowest BCUT2D eigenvalue weighted by atomic mass is 10.0. The predicted molar refractivity (Wildman–Crippen MR) is 47.7 cm³/mol. The number of hydrogen-bond donors (Lipinski definition) is 0. The zero-order valence-electron chi connectivity index (χ0n) is 6.59. The molecule has 0 N–H and O–H groups in total. The highest BCUT2D eigenvalue weighted by Crippen LogP contribution is 2.24. The number of rotatable bonds is 2. The molecule has 0 bridgehead atoms. The summed E-state index contributed by atoms with van der Waals surface area (Å²) in [6.45, 7) is 0. The molecule has 1 rings (SSSR count). The molecule has 1 aliphatic carbocycles. The highest BCUT2D eigenvalue weighted by atomic mass is 35.7. The van der Waals surface area contributed by atoms with E-state index in [2.05, 4.69) is 0 Å². The van der Waals surface area contributed by atoms with Crippen molar-refractivity contribution in [2.75, 3.05) is 0 Å². The molecule has 0 saturated heterocycles. The molecule has 0 spiro atoms. The van der Waals surface area contributed by atoms with Gasteiger partial charge in [-0.1, -0.05) is 12.2 Å². The van der Waals surface area contributed by atoms with Crippen LogP contribution in [0.15, 0.2) is 12.2 Å². The molecule has 13 heavy (non-hydrogen) atoms. The van der Waals surface area contributed by atoms with E-state index in [4.69, 9.17) is 10.7 Å². The van der Waals surface area contributed by atoms with Crippen LogP contribution in [0.25, 0.3) is 0 Å². The van der Waals surface area contributed by atoms with E-state index in [1.165, 1.54) is 0 Å². The van der Waals surface area contributed by atoms with Gasteiger partial charge in [0.2, 0.25) is 15.1 Å². The van der Waals surface area contributed by atoms with Gasteiger partial charge in [-0.2, -0.15) is 0 Å². The van der Waals surface area contributed by atoms with Crippen LogP contribution < -0.4 is 0 Å². The van der Waals surface area contributed by atoms with Crippen molar-refractivity contribution in [1.29, 1.82) is 0 Å². The standard InChI is InChI=1S/C6H8ClNO4S/c7-13(11,12)6-4-2-1-3-5(6)8(9)10/h1-2,5-6H,3-4H2. The van der Waals surface area contributed by atoms with Crippen LogP contribution in [0, 0.1) is 10.1 Å². The van der Waals surface area contributed by atoms with Crippen molar-refractivity contribution >= 4 is 19.7 Å². The third kappa shape index (κ3) is 2.41. The van der Waals surface area contributed by atoms with Crippen molar-refractivity contribution in [2.45, 2.75) is 24.1 Å². The van der Waals surface area contributed by atoms with Crippen LogP contribution in [0.2, 0.25) is 0 Å². The van der Waals surface area contributed by atoms with Gasteiger partial charge in [0.15, 0.2) is 0 Å². The second-order valence-corrected chi connectivity index (χ2v) is 5.66. The molecule has 0 aromatic carbocycles. The summed E-state index contributed by atoms with van der Waals surface area (Å²) in [6, 6.07) is -1.10. The Balaban J connectivity index is 2.95. The summed E-state index contributed by atoms with van der Waals surface area (Å²) in [5.74, 6) is 0. The minimum absolute atomic E-state index is 0.123. The maximum absolute atomic E-state index is 10.9. The average molecular weight is 226 g/mol. The summed E-state index contributed by atoms with van der Waals surface area (Å²) in [4.78, 5) is 9.87. The van der Waals surface area contributed by atoms with E-state index in [1.54, 1.807) is 12.2 Å². The maximum atomic E-state index is 10.9. The van der Waals surface area contributed by atoms with E-state index in [0.717, 1.165) is 0 Å². The predicted octanol–water partition coefficient (Wildman–Crippen LogP) is 0.919. The fourth-order valence-electron chi connectivity index (χ4n) is 1.30. The Morgan fingerprint density at radius 2 is 1.92 bits per heavy atom. The lowest BCUT2D eigenvalue weighted by molar-refractivity contribution is -0.521. The summed E-state index contributed by atoms with van der Waals surface area (Å²) in [5, 5.41) is 9.37. The van der Waals surface area contributed by atoms with Crippen LogP contribution in [0.5, 0.6) is 0 Å². The van der Waals surface area contributed by atoms with Gasteiger partial charge in [-0.3, -0.25) is 10.1 Å². The van der Waals surface area contributed by atoms with Gasteiger partial charge in [-0.05, 0) is 6.42 Å². The van der Waals surface area contributed by atoms with E-state index in [0.29, 0.717) is 0 Å². The van der Waals surface area contributed by atoms with Crippen LogP contribution in [-0.4, -0.2) is 24.6 Å². The van der Waals surface area contributed by atoms with Crippen LogP contribution in [-0.2, 0) is 9.05 Å². The molecule has 0 aliphatic heterocycles. The van der Waals surface area contributed by atoms with E-state index < -0.39 is 25.3 Å². The molecule has 0 heterocycles. The smallest absolute Gasteiger partial charge is 0.242 e. The molecule has 0 aromatic heterocycles. The summed E-state index contributed by atoms with van der Waals surface area (Å²) in [6.07, 6.45) is 3.46. The fraction of sp³-hybridized carbons (Fsp3) is 0.667. The first-order chi connectivity index (χ1) is 5.93. The second kappa shape index (κ2) is 3.63. The summed E-state index contributed by atoms with van der Waals surface area (Å²) < 4.78 is 21.9. The number of nitro groups is 1. The van der Waals surface area contributed by atoms with E-state index in [9.17, 15) is 18.5 Å². The van der Waals surface area contributed by atoms with Crippen LogP contribution in [0.3, 0.4) is 0 Å². The first-order valence-corrected chi connectivity index (χ1v) is 6.02. The van der Waals surface area contributed by atoms with Crippen molar-refractivity contribution in [3.8, 4) is 0 Å². The summed E-state index contributed by atoms with van der Waals surface area (Å²) in [7, 11) is 1.24. The van der Waals surface area contributed by atoms with Crippen molar-refractivity contribution in [2.24, 2.45) is 0 Å². The molecule has 2 atom stereocenters. The number of hydrogen-bond acceptors (Lipinski definition) is 4. The first kappa shape index (κ1) is 10.5. The van der Waals surface area contributed by atoms with Crippen molar-refractivity contribution < 1.29 is 13.3 Å². The Kier molecular flexibility index (Phi) is 2.92. The van der Waals surface area contributed by atoms with Crippen LogP contribution >= 0.6 is 10.7 Å². The van der Waals surface area contributed by atoms with Gasteiger partial charge >= 0.3 is 0 Å². The lowest BCUT2D eigenvalue weighted by Gasteiger charge is -2.18. The van der Waals surface area contributed by atoms with Crippen LogP contribution in [0.4, 0.5) is 0 Å². The Morgan fingerprint density at radius 1 is 1.38 bits per heavy atom. The molecule has 1 aliphatic rings. The Hall–Kier alpha value is -0.620. The third-order valence-electron chi connectivity index (χ3n) is 1.97. The first-order valence-electron chi connectivity index (χ1n) is 3.65. The second-order valence-electron chi connectivity index (χ2n) is 2.81. The van der Waals surface area contributed by atoms with Gasteiger partial charge < -0.3 is 0 Å². The van der Waals surface area contributed by atoms with Gasteiger partial charge in [0.05, 0.1) is 0 Å². The molecule has 0 saturated carbocycles. The zero-order valence-corrected chi connectivity index (χ0v) is 8.16. The molecular formula is C6H8ClNO4S. The fourth-order valence-corrected chi connectivity index (χ4v) is 2.80. The van der Waals surface area contributed by atoms with Gasteiger partial charge in [-0.15, -0.1) is 0 Å². The van der Waals surface area contributed by atoms with Gasteiger partial charge in [-0.25, -0.2) is 8.42 Å². The largest absolute Gasteiger partial charge is 0.264 e. The molecule has 0 aromatic rings. The number of halogens is 1. The normalized spacial score (nSPS) is 28.7.